The van der Waals surface area contributed by atoms with Crippen LogP contribution in [-0.2, 0) is 10.7 Å². The summed E-state index contributed by atoms with van der Waals surface area (Å²) in [4.78, 5) is 12.3. The lowest BCUT2D eigenvalue weighted by atomic mass is 9.93. The number of anilines is 2. The van der Waals surface area contributed by atoms with E-state index < -0.39 is 5.54 Å². The second-order valence-electron chi connectivity index (χ2n) is 6.20. The molecule has 1 aliphatic heterocycles. The van der Waals surface area contributed by atoms with Gasteiger partial charge in [-0.1, -0.05) is 6.07 Å². The fourth-order valence-electron chi connectivity index (χ4n) is 2.84. The second kappa shape index (κ2) is 5.98. The smallest absolute Gasteiger partial charge is 0.249 e. The van der Waals surface area contributed by atoms with Gasteiger partial charge in [0.05, 0.1) is 24.4 Å². The molecule has 0 bridgehead atoms. The third-order valence-electron chi connectivity index (χ3n) is 4.15. The minimum Gasteiger partial charge on any atom is -0.496 e. The molecule has 24 heavy (non-hydrogen) atoms. The number of ether oxygens (including phenoxy) is 1. The minimum atomic E-state index is -0.714. The maximum Gasteiger partial charge on any atom is 0.249 e. The lowest BCUT2D eigenvalue weighted by Gasteiger charge is -2.34. The second-order valence-corrected chi connectivity index (χ2v) is 6.46. The van der Waals surface area contributed by atoms with Crippen LogP contribution in [0.2, 0.25) is 0 Å². The number of hydrogen-bond donors (Lipinski definition) is 2. The molecule has 1 aliphatic rings. The van der Waals surface area contributed by atoms with Crippen LogP contribution >= 0.6 is 11.6 Å². The van der Waals surface area contributed by atoms with E-state index >= 15 is 0 Å². The summed E-state index contributed by atoms with van der Waals surface area (Å²) in [5, 5.41) is 6.11. The molecular formula is C18H18ClFN2O2. The van der Waals surface area contributed by atoms with Gasteiger partial charge in [0, 0.05) is 11.1 Å². The highest BCUT2D eigenvalue weighted by atomic mass is 35.5. The number of amides is 1. The fourth-order valence-corrected chi connectivity index (χ4v) is 3.12. The molecular weight excluding hydrogens is 331 g/mol. The molecule has 0 spiro atoms. The Labute approximate surface area is 145 Å². The maximum absolute atomic E-state index is 13.7. The molecule has 2 aromatic rings. The van der Waals surface area contributed by atoms with Crippen LogP contribution in [0.15, 0.2) is 30.3 Å². The number of methoxy groups -OCH3 is 1. The molecule has 2 N–H and O–H groups in total. The number of alkyl halides is 1. The zero-order valence-electron chi connectivity index (χ0n) is 13.7. The molecule has 2 aromatic carbocycles. The highest BCUT2D eigenvalue weighted by molar-refractivity contribution is 6.19. The SMILES string of the molecule is COc1ccc(F)cc1-c1ccc2c(c1CCl)NC(=O)C(C)(C)N2. The van der Waals surface area contributed by atoms with Crippen molar-refractivity contribution in [1.82, 2.24) is 0 Å². The first-order valence-corrected chi connectivity index (χ1v) is 8.06. The van der Waals surface area contributed by atoms with Crippen molar-refractivity contribution in [2.75, 3.05) is 17.7 Å². The van der Waals surface area contributed by atoms with E-state index in [4.69, 9.17) is 16.3 Å². The van der Waals surface area contributed by atoms with E-state index in [2.05, 4.69) is 10.6 Å². The minimum absolute atomic E-state index is 0.148. The highest BCUT2D eigenvalue weighted by Crippen LogP contribution is 2.42. The molecule has 1 amide bonds. The van der Waals surface area contributed by atoms with Gasteiger partial charge in [-0.05, 0) is 43.7 Å². The molecule has 126 valence electrons. The average Bonchev–Trinajstić information content (AvgIpc) is 2.54. The first-order chi connectivity index (χ1) is 11.4. The molecule has 0 atom stereocenters. The lowest BCUT2D eigenvalue weighted by Crippen LogP contribution is -2.47. The summed E-state index contributed by atoms with van der Waals surface area (Å²) in [6, 6.07) is 8.02. The lowest BCUT2D eigenvalue weighted by molar-refractivity contribution is -0.119. The summed E-state index contributed by atoms with van der Waals surface area (Å²) in [6.07, 6.45) is 0. The molecule has 0 aliphatic carbocycles. The van der Waals surface area contributed by atoms with E-state index in [1.165, 1.54) is 19.2 Å². The van der Waals surface area contributed by atoms with Crippen LogP contribution in [0.5, 0.6) is 5.75 Å². The zero-order chi connectivity index (χ0) is 17.5. The Morgan fingerprint density at radius 2 is 1.96 bits per heavy atom. The maximum atomic E-state index is 13.7. The summed E-state index contributed by atoms with van der Waals surface area (Å²) in [6.45, 7) is 3.60. The van der Waals surface area contributed by atoms with Crippen molar-refractivity contribution in [1.29, 1.82) is 0 Å². The van der Waals surface area contributed by atoms with Crippen molar-refractivity contribution in [3.8, 4) is 16.9 Å². The third-order valence-corrected chi connectivity index (χ3v) is 4.42. The number of carbonyl (C=O) groups is 1. The Hall–Kier alpha value is -2.27. The quantitative estimate of drug-likeness (QED) is 0.809. The molecule has 1 heterocycles. The molecule has 3 rings (SSSR count). The Bertz CT molecular complexity index is 821. The number of fused-ring (bicyclic) bond motifs is 1. The van der Waals surface area contributed by atoms with Crippen LogP contribution in [0.25, 0.3) is 11.1 Å². The number of carbonyl (C=O) groups excluding carboxylic acids is 1. The molecule has 4 nitrogen and oxygen atoms in total. The average molecular weight is 349 g/mol. The molecule has 0 radical (unpaired) electrons. The van der Waals surface area contributed by atoms with Gasteiger partial charge in [0.15, 0.2) is 0 Å². The summed E-state index contributed by atoms with van der Waals surface area (Å²) in [5.41, 5.74) is 2.73. The van der Waals surface area contributed by atoms with Gasteiger partial charge < -0.3 is 15.4 Å². The van der Waals surface area contributed by atoms with Gasteiger partial charge in [-0.15, -0.1) is 11.6 Å². The van der Waals surface area contributed by atoms with Gasteiger partial charge in [-0.2, -0.15) is 0 Å². The van der Waals surface area contributed by atoms with Crippen LogP contribution in [0.3, 0.4) is 0 Å². The van der Waals surface area contributed by atoms with Crippen LogP contribution in [0.4, 0.5) is 15.8 Å². The van der Waals surface area contributed by atoms with Gasteiger partial charge in [-0.25, -0.2) is 4.39 Å². The van der Waals surface area contributed by atoms with Crippen LogP contribution < -0.4 is 15.4 Å². The number of benzene rings is 2. The van der Waals surface area contributed by atoms with Gasteiger partial charge >= 0.3 is 0 Å². The standard InChI is InChI=1S/C18H18ClFN2O2/c1-18(2)17(23)21-16-13(9-19)11(5-6-14(16)22-18)12-8-10(20)4-7-15(12)24-3/h4-8,22H,9H2,1-3H3,(H,21,23). The van der Waals surface area contributed by atoms with E-state index in [0.717, 1.165) is 16.8 Å². The highest BCUT2D eigenvalue weighted by Gasteiger charge is 2.34. The van der Waals surface area contributed by atoms with Crippen molar-refractivity contribution < 1.29 is 13.9 Å². The van der Waals surface area contributed by atoms with Gasteiger partial charge in [0.1, 0.15) is 17.1 Å². The normalized spacial score (nSPS) is 15.3. The van der Waals surface area contributed by atoms with E-state index in [0.29, 0.717) is 17.0 Å². The number of rotatable bonds is 3. The van der Waals surface area contributed by atoms with Gasteiger partial charge in [0.2, 0.25) is 5.91 Å². The molecule has 0 aromatic heterocycles. The monoisotopic (exact) mass is 348 g/mol. The summed E-state index contributed by atoms with van der Waals surface area (Å²) < 4.78 is 19.1. The summed E-state index contributed by atoms with van der Waals surface area (Å²) in [7, 11) is 1.53. The van der Waals surface area contributed by atoms with Crippen LogP contribution in [0.1, 0.15) is 19.4 Å². The first kappa shape index (κ1) is 16.6. The number of nitrogens with one attached hydrogen (secondary N) is 2. The van der Waals surface area contributed by atoms with Crippen molar-refractivity contribution in [3.63, 3.8) is 0 Å². The molecule has 0 unspecified atom stereocenters. The van der Waals surface area contributed by atoms with Gasteiger partial charge in [0.25, 0.3) is 0 Å². The number of hydrogen-bond acceptors (Lipinski definition) is 3. The molecule has 0 fully saturated rings. The Morgan fingerprint density at radius 1 is 1.21 bits per heavy atom. The zero-order valence-corrected chi connectivity index (χ0v) is 14.4. The molecule has 0 saturated heterocycles. The first-order valence-electron chi connectivity index (χ1n) is 7.53. The van der Waals surface area contributed by atoms with Crippen molar-refractivity contribution in [2.45, 2.75) is 25.3 Å². The van der Waals surface area contributed by atoms with Crippen LogP contribution in [-0.4, -0.2) is 18.6 Å². The largest absolute Gasteiger partial charge is 0.496 e. The summed E-state index contributed by atoms with van der Waals surface area (Å²) in [5.74, 6) is 0.191. The Kier molecular flexibility index (Phi) is 4.13. The number of halogens is 2. The van der Waals surface area contributed by atoms with Crippen molar-refractivity contribution >= 4 is 28.9 Å². The molecule has 6 heteroatoms. The van der Waals surface area contributed by atoms with Crippen molar-refractivity contribution in [3.05, 3.63) is 41.7 Å². The third kappa shape index (κ3) is 2.69. The van der Waals surface area contributed by atoms with Crippen molar-refractivity contribution in [2.24, 2.45) is 0 Å². The topological polar surface area (TPSA) is 50.4 Å². The predicted molar refractivity (Wildman–Crippen MR) is 94.3 cm³/mol. The van der Waals surface area contributed by atoms with Gasteiger partial charge in [-0.3, -0.25) is 4.79 Å². The van der Waals surface area contributed by atoms with E-state index in [-0.39, 0.29) is 17.6 Å². The predicted octanol–water partition coefficient (Wildman–Crippen LogP) is 4.38. The fraction of sp³-hybridized carbons (Fsp3) is 0.278. The molecule has 0 saturated carbocycles. The summed E-state index contributed by atoms with van der Waals surface area (Å²) >= 11 is 6.16. The van der Waals surface area contributed by atoms with Crippen LogP contribution in [0, 0.1) is 5.82 Å². The Balaban J connectivity index is 2.21. The van der Waals surface area contributed by atoms with E-state index in [1.54, 1.807) is 19.9 Å². The Morgan fingerprint density at radius 3 is 2.62 bits per heavy atom. The van der Waals surface area contributed by atoms with E-state index in [9.17, 15) is 9.18 Å². The van der Waals surface area contributed by atoms with E-state index in [1.807, 2.05) is 12.1 Å².